The molecule has 1 aromatic heterocycles. The Hall–Kier alpha value is -0.140. The van der Waals surface area contributed by atoms with Gasteiger partial charge in [0, 0.05) is 9.61 Å². The number of aliphatic hydroxyl groups excluding tert-OH is 1. The minimum Gasteiger partial charge on any atom is -0.394 e. The van der Waals surface area contributed by atoms with Gasteiger partial charge in [-0.05, 0) is 41.0 Å². The number of thiophene rings is 1. The van der Waals surface area contributed by atoms with Gasteiger partial charge in [-0.3, -0.25) is 4.79 Å². The molecule has 1 rings (SSSR count). The number of amides is 1. The van der Waals surface area contributed by atoms with Crippen molar-refractivity contribution in [2.45, 2.75) is 13.0 Å². The molecule has 1 unspecified atom stereocenters. The summed E-state index contributed by atoms with van der Waals surface area (Å²) in [4.78, 5) is 12.2. The van der Waals surface area contributed by atoms with Gasteiger partial charge in [0.2, 0.25) is 0 Å². The molecule has 1 amide bonds. The van der Waals surface area contributed by atoms with E-state index < -0.39 is 0 Å². The summed E-state index contributed by atoms with van der Waals surface area (Å²) in [6.07, 6.45) is 0. The summed E-state index contributed by atoms with van der Waals surface area (Å²) in [6.45, 7) is 1.73. The van der Waals surface area contributed by atoms with Crippen molar-refractivity contribution in [3.05, 3.63) is 19.9 Å². The van der Waals surface area contributed by atoms with E-state index in [-0.39, 0.29) is 18.6 Å². The van der Waals surface area contributed by atoms with Gasteiger partial charge in [-0.15, -0.1) is 11.3 Å². The summed E-state index contributed by atoms with van der Waals surface area (Å²) in [7, 11) is 0. The second kappa shape index (κ2) is 4.92. The summed E-state index contributed by atoms with van der Waals surface area (Å²) < 4.78 is 0.949. The van der Waals surface area contributed by atoms with Crippen LogP contribution in [0.4, 0.5) is 0 Å². The quantitative estimate of drug-likeness (QED) is 0.831. The minimum absolute atomic E-state index is 0.0340. The molecule has 72 valence electrons. The smallest absolute Gasteiger partial charge is 0.262 e. The number of nitrogens with one attached hydrogen (secondary N) is 1. The van der Waals surface area contributed by atoms with E-state index >= 15 is 0 Å². The van der Waals surface area contributed by atoms with Crippen LogP contribution in [0.15, 0.2) is 11.4 Å². The Morgan fingerprint density at radius 3 is 3.00 bits per heavy atom. The van der Waals surface area contributed by atoms with Gasteiger partial charge in [0.1, 0.15) is 4.88 Å². The second-order valence-corrected chi connectivity index (χ2v) is 4.73. The first kappa shape index (κ1) is 10.9. The van der Waals surface area contributed by atoms with Gasteiger partial charge in [0.15, 0.2) is 0 Å². The maximum absolute atomic E-state index is 11.5. The largest absolute Gasteiger partial charge is 0.394 e. The number of carbonyl (C=O) groups is 1. The van der Waals surface area contributed by atoms with Crippen LogP contribution in [0.3, 0.4) is 0 Å². The van der Waals surface area contributed by atoms with E-state index in [0.717, 1.165) is 3.57 Å². The third-order valence-corrected chi connectivity index (χ3v) is 3.65. The van der Waals surface area contributed by atoms with E-state index in [2.05, 4.69) is 27.9 Å². The summed E-state index contributed by atoms with van der Waals surface area (Å²) in [5.41, 5.74) is 0. The molecule has 3 nitrogen and oxygen atoms in total. The summed E-state index contributed by atoms with van der Waals surface area (Å²) >= 11 is 3.53. The van der Waals surface area contributed by atoms with Crippen LogP contribution in [0.5, 0.6) is 0 Å². The van der Waals surface area contributed by atoms with Crippen LogP contribution in [-0.2, 0) is 0 Å². The Balaban J connectivity index is 2.64. The van der Waals surface area contributed by atoms with Crippen molar-refractivity contribution >= 4 is 39.8 Å². The Kier molecular flexibility index (Phi) is 4.14. The molecule has 5 heteroatoms. The fourth-order valence-corrected chi connectivity index (χ4v) is 2.53. The van der Waals surface area contributed by atoms with Crippen molar-refractivity contribution in [2.24, 2.45) is 0 Å². The molecule has 0 spiro atoms. The van der Waals surface area contributed by atoms with Crippen LogP contribution in [0.1, 0.15) is 16.6 Å². The predicted octanol–water partition coefficient (Wildman–Crippen LogP) is 1.46. The SMILES string of the molecule is CC(CO)NC(=O)c1sccc1I. The highest BCUT2D eigenvalue weighted by Gasteiger charge is 2.12. The number of carbonyl (C=O) groups excluding carboxylic acids is 1. The van der Waals surface area contributed by atoms with Crippen molar-refractivity contribution < 1.29 is 9.90 Å². The highest BCUT2D eigenvalue weighted by atomic mass is 127. The Morgan fingerprint density at radius 2 is 2.54 bits per heavy atom. The number of hydrogen-bond acceptors (Lipinski definition) is 3. The van der Waals surface area contributed by atoms with Gasteiger partial charge in [-0.25, -0.2) is 0 Å². The molecule has 1 atom stereocenters. The molecular weight excluding hydrogens is 301 g/mol. The average Bonchev–Trinajstić information content (AvgIpc) is 2.51. The molecule has 0 radical (unpaired) electrons. The lowest BCUT2D eigenvalue weighted by molar-refractivity contribution is 0.0925. The first-order chi connectivity index (χ1) is 6.15. The van der Waals surface area contributed by atoms with E-state index in [1.54, 1.807) is 6.92 Å². The monoisotopic (exact) mass is 311 g/mol. The van der Waals surface area contributed by atoms with Crippen LogP contribution in [0, 0.1) is 3.57 Å². The normalized spacial score (nSPS) is 12.5. The van der Waals surface area contributed by atoms with Gasteiger partial charge in [-0.1, -0.05) is 0 Å². The van der Waals surface area contributed by atoms with Crippen LogP contribution >= 0.6 is 33.9 Å². The molecule has 0 saturated heterocycles. The van der Waals surface area contributed by atoms with E-state index in [0.29, 0.717) is 4.88 Å². The lowest BCUT2D eigenvalue weighted by Gasteiger charge is -2.09. The highest BCUT2D eigenvalue weighted by molar-refractivity contribution is 14.1. The Labute approximate surface area is 94.3 Å². The molecule has 1 heterocycles. The van der Waals surface area contributed by atoms with Gasteiger partial charge in [0.05, 0.1) is 6.61 Å². The molecule has 13 heavy (non-hydrogen) atoms. The van der Waals surface area contributed by atoms with Crippen molar-refractivity contribution in [2.75, 3.05) is 6.61 Å². The van der Waals surface area contributed by atoms with Gasteiger partial charge >= 0.3 is 0 Å². The van der Waals surface area contributed by atoms with Crippen LogP contribution in [0.2, 0.25) is 0 Å². The number of halogens is 1. The third-order valence-electron chi connectivity index (χ3n) is 1.47. The average molecular weight is 311 g/mol. The number of hydrogen-bond donors (Lipinski definition) is 2. The number of aliphatic hydroxyl groups is 1. The molecule has 0 saturated carbocycles. The van der Waals surface area contributed by atoms with Crippen LogP contribution < -0.4 is 5.32 Å². The zero-order valence-electron chi connectivity index (χ0n) is 7.08. The molecule has 0 aliphatic heterocycles. The van der Waals surface area contributed by atoms with Crippen LogP contribution in [0.25, 0.3) is 0 Å². The molecular formula is C8H10INO2S. The van der Waals surface area contributed by atoms with Gasteiger partial charge in [-0.2, -0.15) is 0 Å². The first-order valence-electron chi connectivity index (χ1n) is 3.80. The lowest BCUT2D eigenvalue weighted by Crippen LogP contribution is -2.34. The fourth-order valence-electron chi connectivity index (χ4n) is 0.791. The van der Waals surface area contributed by atoms with E-state index in [1.807, 2.05) is 11.4 Å². The molecule has 0 aliphatic carbocycles. The molecule has 1 aromatic rings. The van der Waals surface area contributed by atoms with Crippen molar-refractivity contribution in [1.29, 1.82) is 0 Å². The van der Waals surface area contributed by atoms with Gasteiger partial charge in [0.25, 0.3) is 5.91 Å². The first-order valence-corrected chi connectivity index (χ1v) is 5.75. The lowest BCUT2D eigenvalue weighted by atomic mass is 10.3. The molecule has 0 aromatic carbocycles. The second-order valence-electron chi connectivity index (χ2n) is 2.65. The molecule has 0 aliphatic rings. The van der Waals surface area contributed by atoms with E-state index in [1.165, 1.54) is 11.3 Å². The van der Waals surface area contributed by atoms with Crippen molar-refractivity contribution in [3.63, 3.8) is 0 Å². The van der Waals surface area contributed by atoms with Crippen molar-refractivity contribution in [3.8, 4) is 0 Å². The topological polar surface area (TPSA) is 49.3 Å². The zero-order valence-corrected chi connectivity index (χ0v) is 10.1. The fraction of sp³-hybridized carbons (Fsp3) is 0.375. The van der Waals surface area contributed by atoms with Crippen molar-refractivity contribution in [1.82, 2.24) is 5.32 Å². The number of rotatable bonds is 3. The summed E-state index contributed by atoms with van der Waals surface area (Å²) in [6, 6.07) is 1.70. The predicted molar refractivity (Wildman–Crippen MR) is 61.1 cm³/mol. The van der Waals surface area contributed by atoms with E-state index in [9.17, 15) is 4.79 Å². The van der Waals surface area contributed by atoms with Crippen LogP contribution in [-0.4, -0.2) is 23.7 Å². The summed E-state index contributed by atoms with van der Waals surface area (Å²) in [5.74, 6) is -0.110. The maximum atomic E-state index is 11.5. The van der Waals surface area contributed by atoms with Gasteiger partial charge < -0.3 is 10.4 Å². The summed E-state index contributed by atoms with van der Waals surface area (Å²) in [5, 5.41) is 13.3. The molecule has 0 bridgehead atoms. The zero-order chi connectivity index (χ0) is 9.84. The highest BCUT2D eigenvalue weighted by Crippen LogP contribution is 2.18. The Morgan fingerprint density at radius 1 is 1.85 bits per heavy atom. The Bertz CT molecular complexity index is 300. The minimum atomic E-state index is -0.189. The standard InChI is InChI=1S/C8H10INO2S/c1-5(4-11)10-8(12)7-6(9)2-3-13-7/h2-3,5,11H,4H2,1H3,(H,10,12). The molecule has 0 fully saturated rings. The third kappa shape index (κ3) is 2.92. The molecule has 2 N–H and O–H groups in total. The maximum Gasteiger partial charge on any atom is 0.262 e. The van der Waals surface area contributed by atoms with E-state index in [4.69, 9.17) is 5.11 Å².